The van der Waals surface area contributed by atoms with E-state index in [1.54, 1.807) is 0 Å². The Morgan fingerprint density at radius 2 is 1.87 bits per heavy atom. The smallest absolute Gasteiger partial charge is 0.405 e. The van der Waals surface area contributed by atoms with Crippen LogP contribution in [0.3, 0.4) is 0 Å². The molecule has 0 saturated heterocycles. The maximum absolute atomic E-state index is 11.6. The van der Waals surface area contributed by atoms with Crippen LogP contribution in [0.5, 0.6) is 5.75 Å². The minimum absolute atomic E-state index is 0.0648. The zero-order chi connectivity index (χ0) is 11.4. The third-order valence-corrected chi connectivity index (χ3v) is 1.81. The Balaban J connectivity index is 2.76. The van der Waals surface area contributed by atoms with E-state index in [1.165, 1.54) is 31.2 Å². The van der Waals surface area contributed by atoms with Crippen molar-refractivity contribution in [2.45, 2.75) is 13.0 Å². The Morgan fingerprint density at radius 1 is 1.33 bits per heavy atom. The van der Waals surface area contributed by atoms with Gasteiger partial charge in [-0.05, 0) is 31.2 Å². The molecule has 0 saturated carbocycles. The number of hydrogen-bond donors (Lipinski definition) is 2. The number of rotatable bonds is 3. The van der Waals surface area contributed by atoms with Crippen LogP contribution in [0.15, 0.2) is 24.3 Å². The van der Waals surface area contributed by atoms with E-state index in [4.69, 9.17) is 10.8 Å². The second-order valence-electron chi connectivity index (χ2n) is 2.99. The summed E-state index contributed by atoms with van der Waals surface area (Å²) in [7, 11) is 0. The van der Waals surface area contributed by atoms with Crippen LogP contribution in [0.2, 0.25) is 0 Å². The van der Waals surface area contributed by atoms with Gasteiger partial charge in [-0.2, -0.15) is 0 Å². The average Bonchev–Trinajstić information content (AvgIpc) is 2.17. The zero-order valence-electron chi connectivity index (χ0n) is 8.14. The summed E-state index contributed by atoms with van der Waals surface area (Å²) in [4.78, 5) is 22.0. The fourth-order valence-corrected chi connectivity index (χ4v) is 1.09. The number of phenolic OH excluding ortho intramolecular Hbond substituents is 1. The zero-order valence-corrected chi connectivity index (χ0v) is 8.14. The maximum atomic E-state index is 11.6. The molecular formula is C10H11NO4. The monoisotopic (exact) mass is 209 g/mol. The van der Waals surface area contributed by atoms with Crippen LogP contribution in [0.25, 0.3) is 0 Å². The van der Waals surface area contributed by atoms with E-state index in [0.29, 0.717) is 5.56 Å². The molecule has 5 heteroatoms. The molecular weight excluding hydrogens is 198 g/mol. The van der Waals surface area contributed by atoms with Crippen molar-refractivity contribution in [3.8, 4) is 5.75 Å². The standard InChI is InChI=1S/C10H11NO4/c1-6(15-10(11)14)9(13)7-2-4-8(12)5-3-7/h2-6,12H,1H3,(H2,11,14)/t6-/m0/s1. The molecule has 0 bridgehead atoms. The van der Waals surface area contributed by atoms with Gasteiger partial charge in [-0.1, -0.05) is 0 Å². The lowest BCUT2D eigenvalue weighted by atomic mass is 10.1. The Bertz CT molecular complexity index is 372. The molecule has 0 unspecified atom stereocenters. The van der Waals surface area contributed by atoms with E-state index in [-0.39, 0.29) is 11.5 Å². The fourth-order valence-electron chi connectivity index (χ4n) is 1.09. The number of Topliss-reactive ketones (excluding diaryl/α,β-unsaturated/α-hetero) is 1. The van der Waals surface area contributed by atoms with Crippen molar-refractivity contribution in [3.63, 3.8) is 0 Å². The quantitative estimate of drug-likeness (QED) is 0.728. The number of primary amides is 1. The van der Waals surface area contributed by atoms with Crippen molar-refractivity contribution in [1.29, 1.82) is 0 Å². The predicted molar refractivity (Wildman–Crippen MR) is 52.6 cm³/mol. The van der Waals surface area contributed by atoms with Crippen LogP contribution in [-0.2, 0) is 4.74 Å². The molecule has 15 heavy (non-hydrogen) atoms. The largest absolute Gasteiger partial charge is 0.508 e. The number of amides is 1. The van der Waals surface area contributed by atoms with Gasteiger partial charge >= 0.3 is 6.09 Å². The number of hydrogen-bond acceptors (Lipinski definition) is 4. The van der Waals surface area contributed by atoms with Crippen LogP contribution in [0, 0.1) is 0 Å². The molecule has 0 radical (unpaired) electrons. The SMILES string of the molecule is C[C@H](OC(N)=O)C(=O)c1ccc(O)cc1. The topological polar surface area (TPSA) is 89.6 Å². The van der Waals surface area contributed by atoms with Crippen molar-refractivity contribution >= 4 is 11.9 Å². The molecule has 0 aliphatic carbocycles. The first-order valence-corrected chi connectivity index (χ1v) is 4.30. The molecule has 1 atom stereocenters. The van der Waals surface area contributed by atoms with E-state index < -0.39 is 12.2 Å². The number of benzene rings is 1. The number of nitrogens with two attached hydrogens (primary N) is 1. The minimum atomic E-state index is -0.991. The fraction of sp³-hybridized carbons (Fsp3) is 0.200. The van der Waals surface area contributed by atoms with Crippen LogP contribution in [0.4, 0.5) is 4.79 Å². The maximum Gasteiger partial charge on any atom is 0.405 e. The summed E-state index contributed by atoms with van der Waals surface area (Å²) in [5.74, 6) is -0.302. The molecule has 5 nitrogen and oxygen atoms in total. The molecule has 1 aromatic rings. The molecule has 1 aromatic carbocycles. The predicted octanol–water partition coefficient (Wildman–Crippen LogP) is 1.06. The number of carbonyl (C=O) groups is 2. The first-order valence-electron chi connectivity index (χ1n) is 4.30. The number of ketones is 1. The van der Waals surface area contributed by atoms with Crippen molar-refractivity contribution < 1.29 is 19.4 Å². The third-order valence-electron chi connectivity index (χ3n) is 1.81. The van der Waals surface area contributed by atoms with Crippen LogP contribution >= 0.6 is 0 Å². The van der Waals surface area contributed by atoms with Crippen molar-refractivity contribution in [1.82, 2.24) is 0 Å². The molecule has 80 valence electrons. The second kappa shape index (κ2) is 4.45. The van der Waals surface area contributed by atoms with Gasteiger partial charge in [0.1, 0.15) is 5.75 Å². The molecule has 0 aliphatic rings. The molecule has 0 spiro atoms. The summed E-state index contributed by atoms with van der Waals surface area (Å²) in [5.41, 5.74) is 5.13. The summed E-state index contributed by atoms with van der Waals surface area (Å²) in [6, 6.07) is 5.64. The third kappa shape index (κ3) is 2.98. The Morgan fingerprint density at radius 3 is 2.33 bits per heavy atom. The normalized spacial score (nSPS) is 11.8. The lowest BCUT2D eigenvalue weighted by Gasteiger charge is -2.09. The van der Waals surface area contributed by atoms with E-state index >= 15 is 0 Å². The summed E-state index contributed by atoms with van der Waals surface area (Å²) < 4.78 is 4.52. The van der Waals surface area contributed by atoms with Gasteiger partial charge in [0.25, 0.3) is 0 Å². The number of phenols is 1. The van der Waals surface area contributed by atoms with Crippen LogP contribution < -0.4 is 5.73 Å². The van der Waals surface area contributed by atoms with Crippen molar-refractivity contribution in [3.05, 3.63) is 29.8 Å². The van der Waals surface area contributed by atoms with Gasteiger partial charge in [0.15, 0.2) is 6.10 Å². The highest BCUT2D eigenvalue weighted by Gasteiger charge is 2.17. The summed E-state index contributed by atoms with van der Waals surface area (Å²) in [5, 5.41) is 9.01. The Hall–Kier alpha value is -2.04. The summed E-state index contributed by atoms with van der Waals surface area (Å²) >= 11 is 0. The first kappa shape index (κ1) is 11.0. The lowest BCUT2D eigenvalue weighted by Crippen LogP contribution is -2.27. The molecule has 0 heterocycles. The molecule has 0 aliphatic heterocycles. The molecule has 1 amide bonds. The molecule has 0 fully saturated rings. The van der Waals surface area contributed by atoms with Gasteiger partial charge in [-0.25, -0.2) is 4.79 Å². The highest BCUT2D eigenvalue weighted by Crippen LogP contribution is 2.12. The highest BCUT2D eigenvalue weighted by molar-refractivity contribution is 6.00. The number of ether oxygens (including phenoxy) is 1. The molecule has 1 rings (SSSR count). The summed E-state index contributed by atoms with van der Waals surface area (Å²) in [6.45, 7) is 1.43. The Kier molecular flexibility index (Phi) is 3.28. The van der Waals surface area contributed by atoms with Gasteiger partial charge in [-0.3, -0.25) is 4.79 Å². The van der Waals surface area contributed by atoms with Crippen molar-refractivity contribution in [2.75, 3.05) is 0 Å². The van der Waals surface area contributed by atoms with E-state index in [0.717, 1.165) is 0 Å². The van der Waals surface area contributed by atoms with Crippen LogP contribution in [0.1, 0.15) is 17.3 Å². The first-order chi connectivity index (χ1) is 7.00. The molecule has 0 aromatic heterocycles. The van der Waals surface area contributed by atoms with Gasteiger partial charge in [0, 0.05) is 5.56 Å². The lowest BCUT2D eigenvalue weighted by molar-refractivity contribution is 0.0695. The Labute approximate surface area is 86.5 Å². The minimum Gasteiger partial charge on any atom is -0.508 e. The second-order valence-corrected chi connectivity index (χ2v) is 2.99. The van der Waals surface area contributed by atoms with E-state index in [1.807, 2.05) is 0 Å². The van der Waals surface area contributed by atoms with E-state index in [2.05, 4.69) is 4.74 Å². The van der Waals surface area contributed by atoms with Gasteiger partial charge in [-0.15, -0.1) is 0 Å². The molecule has 3 N–H and O–H groups in total. The van der Waals surface area contributed by atoms with Gasteiger partial charge < -0.3 is 15.6 Å². The summed E-state index contributed by atoms with van der Waals surface area (Å²) in [6.07, 6.45) is -1.92. The average molecular weight is 209 g/mol. The van der Waals surface area contributed by atoms with Crippen molar-refractivity contribution in [2.24, 2.45) is 5.73 Å². The number of carbonyl (C=O) groups excluding carboxylic acids is 2. The highest BCUT2D eigenvalue weighted by atomic mass is 16.6. The van der Waals surface area contributed by atoms with E-state index in [9.17, 15) is 9.59 Å². The number of aromatic hydroxyl groups is 1. The van der Waals surface area contributed by atoms with Gasteiger partial charge in [0.2, 0.25) is 5.78 Å². The van der Waals surface area contributed by atoms with Gasteiger partial charge in [0.05, 0.1) is 0 Å². The van der Waals surface area contributed by atoms with Crippen LogP contribution in [-0.4, -0.2) is 23.1 Å².